The van der Waals surface area contributed by atoms with Crippen molar-refractivity contribution in [2.75, 3.05) is 6.54 Å². The summed E-state index contributed by atoms with van der Waals surface area (Å²) in [6.45, 7) is 2.21. The maximum Gasteiger partial charge on any atom is 0.256 e. The summed E-state index contributed by atoms with van der Waals surface area (Å²) >= 11 is 5.06. The number of aromatic nitrogens is 3. The minimum absolute atomic E-state index is 0.0861. The number of ether oxygens (including phenoxy) is 1. The van der Waals surface area contributed by atoms with Crippen LogP contribution in [0.3, 0.4) is 0 Å². The van der Waals surface area contributed by atoms with Crippen LogP contribution in [0.5, 0.6) is 5.88 Å². The van der Waals surface area contributed by atoms with Gasteiger partial charge in [-0.25, -0.2) is 4.98 Å². The molecule has 0 spiro atoms. The van der Waals surface area contributed by atoms with Gasteiger partial charge in [-0.1, -0.05) is 6.07 Å². The first-order chi connectivity index (χ1) is 12.2. The first-order valence-electron chi connectivity index (χ1n) is 8.86. The van der Waals surface area contributed by atoms with E-state index in [1.165, 1.54) is 12.8 Å². The highest BCUT2D eigenvalue weighted by Gasteiger charge is 2.22. The molecular weight excluding hydrogens is 336 g/mol. The molecule has 3 heterocycles. The third-order valence-corrected chi connectivity index (χ3v) is 5.22. The van der Waals surface area contributed by atoms with Gasteiger partial charge in [-0.2, -0.15) is 0 Å². The number of nitrogens with zero attached hydrogens (tertiary/aromatic N) is 2. The Morgan fingerprint density at radius 2 is 2.16 bits per heavy atom. The van der Waals surface area contributed by atoms with Crippen molar-refractivity contribution in [1.29, 1.82) is 0 Å². The molecule has 1 aliphatic carbocycles. The largest absolute Gasteiger partial charge is 0.474 e. The second-order valence-electron chi connectivity index (χ2n) is 6.82. The lowest BCUT2D eigenvalue weighted by molar-refractivity contribution is 0.190. The van der Waals surface area contributed by atoms with Crippen LogP contribution >= 0.6 is 12.2 Å². The van der Waals surface area contributed by atoms with E-state index in [4.69, 9.17) is 17.0 Å². The molecule has 0 amide bonds. The maximum atomic E-state index is 12.2. The van der Waals surface area contributed by atoms with Gasteiger partial charge in [-0.3, -0.25) is 14.7 Å². The van der Waals surface area contributed by atoms with Gasteiger partial charge in [0.1, 0.15) is 6.10 Å². The monoisotopic (exact) mass is 358 g/mol. The van der Waals surface area contributed by atoms with Gasteiger partial charge in [0.15, 0.2) is 4.77 Å². The first kappa shape index (κ1) is 16.5. The molecule has 1 saturated carbocycles. The van der Waals surface area contributed by atoms with Gasteiger partial charge in [0.2, 0.25) is 5.88 Å². The molecule has 0 saturated heterocycles. The molecule has 25 heavy (non-hydrogen) atoms. The molecule has 0 radical (unpaired) electrons. The lowest BCUT2D eigenvalue weighted by atomic mass is 10.1. The van der Waals surface area contributed by atoms with Crippen molar-refractivity contribution < 1.29 is 4.74 Å². The zero-order chi connectivity index (χ0) is 17.2. The van der Waals surface area contributed by atoms with Crippen LogP contribution in [0.1, 0.15) is 42.5 Å². The second kappa shape index (κ2) is 7.09. The molecule has 132 valence electrons. The van der Waals surface area contributed by atoms with Gasteiger partial charge in [-0.05, 0) is 44.0 Å². The summed E-state index contributed by atoms with van der Waals surface area (Å²) in [4.78, 5) is 24.7. The summed E-state index contributed by atoms with van der Waals surface area (Å²) in [5.74, 6) is 0.738. The van der Waals surface area contributed by atoms with Crippen molar-refractivity contribution in [3.05, 3.63) is 50.3 Å². The number of hydrogen-bond acceptors (Lipinski definition) is 5. The van der Waals surface area contributed by atoms with Crippen molar-refractivity contribution in [3.8, 4) is 5.88 Å². The van der Waals surface area contributed by atoms with Crippen molar-refractivity contribution in [2.24, 2.45) is 0 Å². The van der Waals surface area contributed by atoms with Crippen molar-refractivity contribution in [2.45, 2.75) is 51.3 Å². The maximum absolute atomic E-state index is 12.2. The van der Waals surface area contributed by atoms with Crippen LogP contribution in [-0.4, -0.2) is 32.5 Å². The van der Waals surface area contributed by atoms with E-state index in [1.807, 2.05) is 6.07 Å². The average molecular weight is 358 g/mol. The lowest BCUT2D eigenvalue weighted by Crippen LogP contribution is -2.35. The van der Waals surface area contributed by atoms with Crippen LogP contribution in [0, 0.1) is 4.77 Å². The van der Waals surface area contributed by atoms with Gasteiger partial charge in [0.25, 0.3) is 5.56 Å². The van der Waals surface area contributed by atoms with E-state index in [2.05, 4.69) is 25.9 Å². The number of pyridine rings is 1. The smallest absolute Gasteiger partial charge is 0.256 e. The molecule has 1 aliphatic heterocycles. The Kier molecular flexibility index (Phi) is 4.67. The zero-order valence-corrected chi connectivity index (χ0v) is 14.9. The molecule has 2 aromatic heterocycles. The van der Waals surface area contributed by atoms with E-state index in [1.54, 1.807) is 6.20 Å². The zero-order valence-electron chi connectivity index (χ0n) is 14.1. The molecule has 1 fully saturated rings. The Morgan fingerprint density at radius 1 is 1.32 bits per heavy atom. The van der Waals surface area contributed by atoms with E-state index in [9.17, 15) is 4.79 Å². The SMILES string of the molecule is O=c1[nH]c(=S)[nH]c2c1CN(Cc1cccnc1OC1CCCC1)CC2. The minimum Gasteiger partial charge on any atom is -0.474 e. The van der Waals surface area contributed by atoms with Crippen LogP contribution in [-0.2, 0) is 19.5 Å². The van der Waals surface area contributed by atoms with Gasteiger partial charge >= 0.3 is 0 Å². The topological polar surface area (TPSA) is 74.0 Å². The third-order valence-electron chi connectivity index (χ3n) is 5.01. The molecule has 6 nitrogen and oxygen atoms in total. The van der Waals surface area contributed by atoms with Crippen molar-refractivity contribution in [1.82, 2.24) is 19.9 Å². The predicted octanol–water partition coefficient (Wildman–Crippen LogP) is 2.71. The van der Waals surface area contributed by atoms with E-state index in [0.29, 0.717) is 17.4 Å². The molecule has 7 heteroatoms. The predicted molar refractivity (Wildman–Crippen MR) is 97.2 cm³/mol. The summed E-state index contributed by atoms with van der Waals surface area (Å²) in [5.41, 5.74) is 2.73. The van der Waals surface area contributed by atoms with Crippen LogP contribution in [0.15, 0.2) is 23.1 Å². The highest BCUT2D eigenvalue weighted by Crippen LogP contribution is 2.26. The number of aromatic amines is 2. The molecule has 2 aliphatic rings. The summed E-state index contributed by atoms with van der Waals surface area (Å²) in [5, 5.41) is 0. The molecule has 2 aromatic rings. The molecular formula is C18H22N4O2S. The number of hydrogen-bond donors (Lipinski definition) is 2. The quantitative estimate of drug-likeness (QED) is 0.822. The summed E-state index contributed by atoms with van der Waals surface area (Å²) < 4.78 is 6.53. The standard InChI is InChI=1S/C18H22N4O2S/c23-16-14-11-22(9-7-15(14)20-18(25)21-16)10-12-4-3-8-19-17(12)24-13-5-1-2-6-13/h3-4,8,13H,1-2,5-7,9-11H2,(H2,20,21,23,25). The number of nitrogens with one attached hydrogen (secondary N) is 2. The van der Waals surface area contributed by atoms with Crippen molar-refractivity contribution in [3.63, 3.8) is 0 Å². The molecule has 0 bridgehead atoms. The van der Waals surface area contributed by atoms with Gasteiger partial charge in [0, 0.05) is 43.5 Å². The molecule has 0 aromatic carbocycles. The van der Waals surface area contributed by atoms with E-state index in [-0.39, 0.29) is 5.56 Å². The summed E-state index contributed by atoms with van der Waals surface area (Å²) in [7, 11) is 0. The summed E-state index contributed by atoms with van der Waals surface area (Å²) in [6.07, 6.45) is 7.56. The fourth-order valence-corrected chi connectivity index (χ4v) is 3.92. The molecule has 4 rings (SSSR count). The van der Waals surface area contributed by atoms with Crippen LogP contribution in [0.25, 0.3) is 0 Å². The number of rotatable bonds is 4. The summed E-state index contributed by atoms with van der Waals surface area (Å²) in [6, 6.07) is 4.01. The molecule has 0 atom stereocenters. The van der Waals surface area contributed by atoms with Crippen LogP contribution in [0.2, 0.25) is 0 Å². The second-order valence-corrected chi connectivity index (χ2v) is 7.23. The normalized spacial score (nSPS) is 18.2. The van der Waals surface area contributed by atoms with E-state index in [0.717, 1.165) is 55.1 Å². The van der Waals surface area contributed by atoms with Crippen LogP contribution in [0.4, 0.5) is 0 Å². The van der Waals surface area contributed by atoms with Gasteiger partial charge in [0.05, 0.1) is 5.56 Å². The Labute approximate surface area is 151 Å². The third kappa shape index (κ3) is 3.67. The van der Waals surface area contributed by atoms with Crippen LogP contribution < -0.4 is 10.3 Å². The Morgan fingerprint density at radius 3 is 3.00 bits per heavy atom. The molecule has 0 unspecified atom stereocenters. The highest BCUT2D eigenvalue weighted by molar-refractivity contribution is 7.71. The molecule has 2 N–H and O–H groups in total. The van der Waals surface area contributed by atoms with Crippen molar-refractivity contribution >= 4 is 12.2 Å². The average Bonchev–Trinajstić information content (AvgIpc) is 3.10. The first-order valence-corrected chi connectivity index (χ1v) is 9.27. The van der Waals surface area contributed by atoms with Gasteiger partial charge < -0.3 is 9.72 Å². The Hall–Kier alpha value is -1.99. The highest BCUT2D eigenvalue weighted by atomic mass is 32.1. The minimum atomic E-state index is -0.0861. The Balaban J connectivity index is 1.51. The lowest BCUT2D eigenvalue weighted by Gasteiger charge is -2.28. The van der Waals surface area contributed by atoms with E-state index >= 15 is 0 Å². The Bertz CT molecular complexity index is 870. The van der Waals surface area contributed by atoms with Gasteiger partial charge in [-0.15, -0.1) is 0 Å². The number of H-pyrrole nitrogens is 2. The fraction of sp³-hybridized carbons (Fsp3) is 0.500. The fourth-order valence-electron chi connectivity index (χ4n) is 3.70. The number of fused-ring (bicyclic) bond motifs is 1. The van der Waals surface area contributed by atoms with E-state index < -0.39 is 0 Å².